The predicted molar refractivity (Wildman–Crippen MR) is 75.4 cm³/mol. The number of carbonyl (C=O) groups excluding carboxylic acids is 2. The molecule has 1 aromatic carbocycles. The van der Waals surface area contributed by atoms with Gasteiger partial charge in [0.15, 0.2) is 0 Å². The molecule has 5 heteroatoms. The molecule has 0 amide bonds. The van der Waals surface area contributed by atoms with Gasteiger partial charge in [-0.3, -0.25) is 4.79 Å². The van der Waals surface area contributed by atoms with Gasteiger partial charge < -0.3 is 10.3 Å². The zero-order chi connectivity index (χ0) is 15.0. The van der Waals surface area contributed by atoms with Gasteiger partial charge in [-0.25, -0.2) is 4.79 Å². The first-order valence-corrected chi connectivity index (χ1v) is 6.35. The molecule has 0 spiro atoms. The number of ketones is 1. The molecular weight excluding hydrogens is 256 g/mol. The van der Waals surface area contributed by atoms with Gasteiger partial charge in [-0.2, -0.15) is 4.79 Å². The summed E-state index contributed by atoms with van der Waals surface area (Å²) in [6.45, 7) is 3.68. The van der Waals surface area contributed by atoms with Gasteiger partial charge in [0, 0.05) is 5.56 Å². The zero-order valence-electron chi connectivity index (χ0n) is 11.5. The number of nitrogens with zero attached hydrogens (tertiary/aromatic N) is 2. The lowest BCUT2D eigenvalue weighted by Gasteiger charge is -2.02. The Bertz CT molecular complexity index is 585. The topological polar surface area (TPSA) is 79.8 Å². The van der Waals surface area contributed by atoms with E-state index in [1.54, 1.807) is 37.3 Å². The van der Waals surface area contributed by atoms with Crippen LogP contribution in [0.1, 0.15) is 36.2 Å². The Balaban J connectivity index is 3.17. The summed E-state index contributed by atoms with van der Waals surface area (Å²) in [5, 5.41) is 0. The molecule has 0 saturated carbocycles. The molecule has 0 heterocycles. The minimum Gasteiger partial charge on any atom is -0.457 e. The smallest absolute Gasteiger partial charge is 0.446 e. The predicted octanol–water partition coefficient (Wildman–Crippen LogP) is 2.53. The highest BCUT2D eigenvalue weighted by Crippen LogP contribution is 2.13. The third-order valence-corrected chi connectivity index (χ3v) is 2.52. The second-order valence-electron chi connectivity index (χ2n) is 3.90. The fourth-order valence-electron chi connectivity index (χ4n) is 1.60. The molecule has 0 radical (unpaired) electrons. The normalized spacial score (nSPS) is 10.1. The summed E-state index contributed by atoms with van der Waals surface area (Å²) in [4.78, 5) is 26.6. The quantitative estimate of drug-likeness (QED) is 0.199. The van der Waals surface area contributed by atoms with Crippen molar-refractivity contribution in [3.8, 4) is 0 Å². The number of benzene rings is 1. The van der Waals surface area contributed by atoms with Crippen molar-refractivity contribution >= 4 is 23.5 Å². The number of hydrogen-bond donors (Lipinski definition) is 0. The summed E-state index contributed by atoms with van der Waals surface area (Å²) >= 11 is 0. The van der Waals surface area contributed by atoms with Crippen molar-refractivity contribution in [2.45, 2.75) is 20.3 Å². The average Bonchev–Trinajstić information content (AvgIpc) is 2.46. The number of ether oxygens (including phenoxy) is 1. The first-order chi connectivity index (χ1) is 9.65. The fourth-order valence-corrected chi connectivity index (χ4v) is 1.60. The third kappa shape index (κ3) is 3.73. The van der Waals surface area contributed by atoms with E-state index in [4.69, 9.17) is 5.53 Å². The van der Waals surface area contributed by atoms with E-state index < -0.39 is 17.5 Å². The van der Waals surface area contributed by atoms with Crippen LogP contribution in [0.3, 0.4) is 0 Å². The maximum absolute atomic E-state index is 12.3. The minimum atomic E-state index is -0.936. The van der Waals surface area contributed by atoms with Crippen LogP contribution < -0.4 is 0 Å². The zero-order valence-corrected chi connectivity index (χ0v) is 11.5. The molecule has 0 saturated heterocycles. The van der Waals surface area contributed by atoms with E-state index in [9.17, 15) is 9.59 Å². The van der Waals surface area contributed by atoms with Gasteiger partial charge >= 0.3 is 11.7 Å². The molecule has 0 atom stereocenters. The van der Waals surface area contributed by atoms with Crippen LogP contribution in [0.2, 0.25) is 0 Å². The Morgan fingerprint density at radius 1 is 1.30 bits per heavy atom. The van der Waals surface area contributed by atoms with E-state index in [1.807, 2.05) is 13.0 Å². The van der Waals surface area contributed by atoms with Crippen molar-refractivity contribution in [2.75, 3.05) is 6.61 Å². The van der Waals surface area contributed by atoms with Crippen molar-refractivity contribution in [3.05, 3.63) is 47.0 Å². The molecule has 0 fully saturated rings. The lowest BCUT2D eigenvalue weighted by atomic mass is 10.00. The second kappa shape index (κ2) is 7.81. The van der Waals surface area contributed by atoms with Gasteiger partial charge in [0.05, 0.1) is 6.61 Å². The van der Waals surface area contributed by atoms with E-state index in [0.29, 0.717) is 5.56 Å². The summed E-state index contributed by atoms with van der Waals surface area (Å²) in [6.07, 6.45) is 4.50. The van der Waals surface area contributed by atoms with E-state index in [0.717, 1.165) is 6.42 Å². The van der Waals surface area contributed by atoms with E-state index >= 15 is 0 Å². The Labute approximate surface area is 117 Å². The number of allylic oxidation sites excluding steroid dienone is 1. The number of carbonyl (C=O) groups is 2. The van der Waals surface area contributed by atoms with Crippen molar-refractivity contribution in [1.29, 1.82) is 0 Å². The molecule has 1 aromatic rings. The highest BCUT2D eigenvalue weighted by molar-refractivity contribution is 6.65. The number of rotatable bonds is 6. The molecule has 0 aliphatic carbocycles. The Kier molecular flexibility index (Phi) is 6.07. The lowest BCUT2D eigenvalue weighted by Crippen LogP contribution is -2.28. The Morgan fingerprint density at radius 3 is 2.60 bits per heavy atom. The molecule has 0 N–H and O–H groups in total. The van der Waals surface area contributed by atoms with E-state index in [2.05, 4.69) is 9.53 Å². The van der Waals surface area contributed by atoms with Crippen LogP contribution in [0, 0.1) is 0 Å². The standard InChI is InChI=1S/C15H16N2O3/c1-3-5-8-11-9-6-7-10-12(11)14(18)13(17-16)15(19)20-4-2/h5-10H,3-4H2,1-2H3/b8-5+. The summed E-state index contributed by atoms with van der Waals surface area (Å²) in [7, 11) is 0. The van der Waals surface area contributed by atoms with Crippen LogP contribution >= 0.6 is 0 Å². The van der Waals surface area contributed by atoms with Crippen molar-refractivity contribution in [2.24, 2.45) is 0 Å². The molecule has 0 aromatic heterocycles. The summed E-state index contributed by atoms with van der Waals surface area (Å²) in [6, 6.07) is 6.78. The van der Waals surface area contributed by atoms with Gasteiger partial charge in [0.2, 0.25) is 0 Å². The molecule has 104 valence electrons. The molecule has 5 nitrogen and oxygen atoms in total. The highest BCUT2D eigenvalue weighted by atomic mass is 16.5. The Hall–Kier alpha value is -2.52. The first-order valence-electron chi connectivity index (χ1n) is 6.35. The van der Waals surface area contributed by atoms with E-state index in [1.165, 1.54) is 0 Å². The Morgan fingerprint density at radius 2 is 2.00 bits per heavy atom. The van der Waals surface area contributed by atoms with Gasteiger partial charge in [0.1, 0.15) is 0 Å². The van der Waals surface area contributed by atoms with Gasteiger partial charge in [0.25, 0.3) is 5.78 Å². The molecule has 0 unspecified atom stereocenters. The van der Waals surface area contributed by atoms with Crippen LogP contribution in [0.15, 0.2) is 30.3 Å². The molecule has 0 aliphatic rings. The van der Waals surface area contributed by atoms with Crippen LogP contribution in [0.25, 0.3) is 11.6 Å². The van der Waals surface area contributed by atoms with Crippen molar-refractivity contribution in [1.82, 2.24) is 0 Å². The summed E-state index contributed by atoms with van der Waals surface area (Å²) < 4.78 is 4.69. The monoisotopic (exact) mass is 272 g/mol. The van der Waals surface area contributed by atoms with Crippen LogP contribution in [0.4, 0.5) is 0 Å². The van der Waals surface area contributed by atoms with Crippen LogP contribution in [-0.2, 0) is 9.53 Å². The minimum absolute atomic E-state index is 0.0997. The highest BCUT2D eigenvalue weighted by Gasteiger charge is 2.32. The molecule has 1 rings (SSSR count). The molecule has 0 aliphatic heterocycles. The fraction of sp³-hybridized carbons (Fsp3) is 0.267. The number of esters is 1. The molecule has 20 heavy (non-hydrogen) atoms. The molecule has 0 bridgehead atoms. The largest absolute Gasteiger partial charge is 0.457 e. The van der Waals surface area contributed by atoms with Gasteiger partial charge in [-0.15, -0.1) is 0 Å². The third-order valence-electron chi connectivity index (χ3n) is 2.52. The molecular formula is C15H16N2O3. The first kappa shape index (κ1) is 15.5. The summed E-state index contributed by atoms with van der Waals surface area (Å²) in [5.41, 5.74) is 9.20. The van der Waals surface area contributed by atoms with Gasteiger partial charge in [-0.05, 0) is 18.9 Å². The number of hydrogen-bond acceptors (Lipinski definition) is 3. The number of Topliss-reactive ketones (excluding diaryl/α,β-unsaturated/α-hetero) is 1. The van der Waals surface area contributed by atoms with E-state index in [-0.39, 0.29) is 12.2 Å². The SMILES string of the molecule is CC/C=C/c1ccccc1C(=O)C(=[N+]=[N-])C(=O)OCC. The summed E-state index contributed by atoms with van der Waals surface area (Å²) in [5.74, 6) is -1.60. The second-order valence-corrected chi connectivity index (χ2v) is 3.90. The maximum Gasteiger partial charge on any atom is 0.446 e. The van der Waals surface area contributed by atoms with Crippen LogP contribution in [0.5, 0.6) is 0 Å². The van der Waals surface area contributed by atoms with Crippen molar-refractivity contribution in [3.63, 3.8) is 0 Å². The maximum atomic E-state index is 12.3. The van der Waals surface area contributed by atoms with Crippen LogP contribution in [-0.4, -0.2) is 28.9 Å². The average molecular weight is 272 g/mol. The lowest BCUT2D eigenvalue weighted by molar-refractivity contribution is -0.139. The van der Waals surface area contributed by atoms with Crippen molar-refractivity contribution < 1.29 is 19.1 Å². The van der Waals surface area contributed by atoms with Gasteiger partial charge in [-0.1, -0.05) is 43.3 Å².